The summed E-state index contributed by atoms with van der Waals surface area (Å²) in [5.41, 5.74) is -1.94. The third kappa shape index (κ3) is 2.73. The average Bonchev–Trinajstić information content (AvgIpc) is 2.36. The second-order valence-electron chi connectivity index (χ2n) is 3.76. The molecule has 0 bridgehead atoms. The van der Waals surface area contributed by atoms with Crippen LogP contribution in [-0.4, -0.2) is 21.0 Å². The minimum atomic E-state index is -3.15. The van der Waals surface area contributed by atoms with Crippen LogP contribution in [0.1, 0.15) is 22.5 Å². The number of aromatic carboxylic acids is 1. The molecule has 1 aromatic carbocycles. The molecule has 1 heterocycles. The van der Waals surface area contributed by atoms with E-state index in [4.69, 9.17) is 5.11 Å². The van der Waals surface area contributed by atoms with Gasteiger partial charge in [-0.1, -0.05) is 0 Å². The highest BCUT2D eigenvalue weighted by atomic mass is 19.3. The Hall–Kier alpha value is -2.51. The van der Waals surface area contributed by atoms with Gasteiger partial charge < -0.3 is 5.11 Å². The van der Waals surface area contributed by atoms with Gasteiger partial charge in [-0.2, -0.15) is 0 Å². The Morgan fingerprint density at radius 2 is 1.75 bits per heavy atom. The van der Waals surface area contributed by atoms with Gasteiger partial charge in [0.25, 0.3) is 6.43 Å². The number of hydrogen-bond acceptors (Lipinski definition) is 3. The largest absolute Gasteiger partial charge is 0.478 e. The highest BCUT2D eigenvalue weighted by Gasteiger charge is 2.21. The van der Waals surface area contributed by atoms with E-state index in [1.54, 1.807) is 0 Å². The lowest BCUT2D eigenvalue weighted by atomic mass is 10.1. The van der Waals surface area contributed by atoms with Gasteiger partial charge in [-0.05, 0) is 12.1 Å². The van der Waals surface area contributed by atoms with Crippen LogP contribution in [0.3, 0.4) is 0 Å². The number of carboxylic acid groups (broad SMARTS) is 1. The summed E-state index contributed by atoms with van der Waals surface area (Å²) in [5.74, 6) is -3.85. The average molecular weight is 286 g/mol. The molecule has 0 amide bonds. The third-order valence-electron chi connectivity index (χ3n) is 2.38. The number of carboxylic acids is 1. The smallest absolute Gasteiger partial charge is 0.339 e. The fourth-order valence-electron chi connectivity index (χ4n) is 1.55. The first-order valence-electron chi connectivity index (χ1n) is 5.23. The normalized spacial score (nSPS) is 10.8. The van der Waals surface area contributed by atoms with Gasteiger partial charge in [0, 0.05) is 17.8 Å². The van der Waals surface area contributed by atoms with Crippen molar-refractivity contribution < 1.29 is 27.5 Å². The van der Waals surface area contributed by atoms with Crippen molar-refractivity contribution in [2.45, 2.75) is 6.43 Å². The van der Waals surface area contributed by atoms with Crippen LogP contribution < -0.4 is 0 Å². The standard InChI is InChI=1S/C12H6F4N2O2/c13-6-1-5(2-7(14)3-6)11-17-4-8(12(19)20)9(18-11)10(15)16/h1-4,10H,(H,19,20). The van der Waals surface area contributed by atoms with Crippen molar-refractivity contribution in [1.82, 2.24) is 9.97 Å². The van der Waals surface area contributed by atoms with Gasteiger partial charge in [-0.3, -0.25) is 0 Å². The molecule has 1 N–H and O–H groups in total. The van der Waals surface area contributed by atoms with E-state index in [1.165, 1.54) is 0 Å². The second kappa shape index (κ2) is 5.24. The Kier molecular flexibility index (Phi) is 3.64. The maximum atomic E-state index is 13.0. The van der Waals surface area contributed by atoms with Crippen molar-refractivity contribution in [3.63, 3.8) is 0 Å². The second-order valence-corrected chi connectivity index (χ2v) is 3.76. The van der Waals surface area contributed by atoms with E-state index in [0.29, 0.717) is 12.3 Å². The minimum absolute atomic E-state index is 0.165. The van der Waals surface area contributed by atoms with Gasteiger partial charge in [-0.25, -0.2) is 32.3 Å². The van der Waals surface area contributed by atoms with Gasteiger partial charge in [0.2, 0.25) is 0 Å². The van der Waals surface area contributed by atoms with E-state index in [0.717, 1.165) is 12.1 Å². The quantitative estimate of drug-likeness (QED) is 0.881. The molecule has 104 valence electrons. The van der Waals surface area contributed by atoms with E-state index in [-0.39, 0.29) is 11.4 Å². The number of rotatable bonds is 3. The Morgan fingerprint density at radius 1 is 1.15 bits per heavy atom. The number of aromatic nitrogens is 2. The molecular weight excluding hydrogens is 280 g/mol. The molecular formula is C12H6F4N2O2. The summed E-state index contributed by atoms with van der Waals surface area (Å²) in [6.07, 6.45) is -2.48. The molecule has 0 aliphatic rings. The predicted octanol–water partition coefficient (Wildman–Crippen LogP) is 3.06. The van der Waals surface area contributed by atoms with E-state index in [1.807, 2.05) is 0 Å². The monoisotopic (exact) mass is 286 g/mol. The van der Waals surface area contributed by atoms with Crippen molar-refractivity contribution in [3.05, 3.63) is 47.3 Å². The lowest BCUT2D eigenvalue weighted by Crippen LogP contribution is -2.08. The molecule has 0 spiro atoms. The molecule has 0 unspecified atom stereocenters. The van der Waals surface area contributed by atoms with Crippen LogP contribution in [0.15, 0.2) is 24.4 Å². The van der Waals surface area contributed by atoms with E-state index < -0.39 is 35.3 Å². The minimum Gasteiger partial charge on any atom is -0.478 e. The number of benzene rings is 1. The molecule has 0 radical (unpaired) electrons. The van der Waals surface area contributed by atoms with Gasteiger partial charge in [0.15, 0.2) is 5.82 Å². The highest BCUT2D eigenvalue weighted by Crippen LogP contribution is 2.24. The van der Waals surface area contributed by atoms with Crippen molar-refractivity contribution in [2.75, 3.05) is 0 Å². The summed E-state index contributed by atoms with van der Waals surface area (Å²) in [6, 6.07) is 2.31. The molecule has 20 heavy (non-hydrogen) atoms. The van der Waals surface area contributed by atoms with Crippen molar-refractivity contribution >= 4 is 5.97 Å². The zero-order valence-electron chi connectivity index (χ0n) is 9.65. The fraction of sp³-hybridized carbons (Fsp3) is 0.0833. The topological polar surface area (TPSA) is 63.1 Å². The van der Waals surface area contributed by atoms with Crippen LogP contribution in [0, 0.1) is 11.6 Å². The number of carbonyl (C=O) groups is 1. The van der Waals surface area contributed by atoms with Crippen molar-refractivity contribution in [3.8, 4) is 11.4 Å². The van der Waals surface area contributed by atoms with Crippen LogP contribution in [0.5, 0.6) is 0 Å². The summed E-state index contributed by atoms with van der Waals surface area (Å²) < 4.78 is 51.6. The zero-order chi connectivity index (χ0) is 14.9. The highest BCUT2D eigenvalue weighted by molar-refractivity contribution is 5.88. The van der Waals surface area contributed by atoms with E-state index in [2.05, 4.69) is 9.97 Å². The molecule has 2 aromatic rings. The maximum Gasteiger partial charge on any atom is 0.339 e. The fourth-order valence-corrected chi connectivity index (χ4v) is 1.55. The Balaban J connectivity index is 2.58. The summed E-state index contributed by atoms with van der Waals surface area (Å²) in [5, 5.41) is 8.73. The summed E-state index contributed by atoms with van der Waals surface area (Å²) in [4.78, 5) is 17.7. The van der Waals surface area contributed by atoms with Crippen LogP contribution in [-0.2, 0) is 0 Å². The molecule has 0 aliphatic carbocycles. The number of nitrogens with zero attached hydrogens (tertiary/aromatic N) is 2. The first-order valence-corrected chi connectivity index (χ1v) is 5.23. The van der Waals surface area contributed by atoms with Crippen molar-refractivity contribution in [1.29, 1.82) is 0 Å². The molecule has 0 atom stereocenters. The molecule has 0 saturated carbocycles. The van der Waals surface area contributed by atoms with Gasteiger partial charge >= 0.3 is 5.97 Å². The lowest BCUT2D eigenvalue weighted by Gasteiger charge is -2.07. The number of alkyl halides is 2. The van der Waals surface area contributed by atoms with Crippen LogP contribution in [0.2, 0.25) is 0 Å². The maximum absolute atomic E-state index is 13.0. The van der Waals surface area contributed by atoms with Gasteiger partial charge in [0.1, 0.15) is 22.9 Å². The molecule has 1 aromatic heterocycles. The molecule has 0 fully saturated rings. The molecule has 8 heteroatoms. The van der Waals surface area contributed by atoms with E-state index in [9.17, 15) is 22.4 Å². The lowest BCUT2D eigenvalue weighted by molar-refractivity contribution is 0.0681. The zero-order valence-corrected chi connectivity index (χ0v) is 9.65. The summed E-state index contributed by atoms with van der Waals surface area (Å²) in [7, 11) is 0. The van der Waals surface area contributed by atoms with E-state index >= 15 is 0 Å². The van der Waals surface area contributed by atoms with Gasteiger partial charge in [-0.15, -0.1) is 0 Å². The van der Waals surface area contributed by atoms with Crippen molar-refractivity contribution in [2.24, 2.45) is 0 Å². The Labute approximate surface area is 109 Å². The number of hydrogen-bond donors (Lipinski definition) is 1. The number of halogens is 4. The van der Waals surface area contributed by atoms with Crippen LogP contribution >= 0.6 is 0 Å². The first kappa shape index (κ1) is 13.9. The van der Waals surface area contributed by atoms with Gasteiger partial charge in [0.05, 0.1) is 0 Å². The Morgan fingerprint density at radius 3 is 2.25 bits per heavy atom. The third-order valence-corrected chi connectivity index (χ3v) is 2.38. The molecule has 4 nitrogen and oxygen atoms in total. The van der Waals surface area contributed by atoms with Crippen LogP contribution in [0.4, 0.5) is 17.6 Å². The Bertz CT molecular complexity index is 656. The predicted molar refractivity (Wildman–Crippen MR) is 59.3 cm³/mol. The molecule has 0 saturated heterocycles. The molecule has 2 rings (SSSR count). The first-order chi connectivity index (χ1) is 9.38. The summed E-state index contributed by atoms with van der Waals surface area (Å²) >= 11 is 0. The summed E-state index contributed by atoms with van der Waals surface area (Å²) in [6.45, 7) is 0. The van der Waals surface area contributed by atoms with Crippen LogP contribution in [0.25, 0.3) is 11.4 Å². The SMILES string of the molecule is O=C(O)c1cnc(-c2cc(F)cc(F)c2)nc1C(F)F. The molecule has 0 aliphatic heterocycles.